The van der Waals surface area contributed by atoms with Crippen molar-refractivity contribution in [2.45, 2.75) is 27.2 Å². The molecule has 0 aliphatic rings. The fraction of sp³-hybridized carbons (Fsp3) is 0.273. The molecule has 0 aliphatic carbocycles. The third-order valence-corrected chi connectivity index (χ3v) is 5.11. The van der Waals surface area contributed by atoms with E-state index in [0.717, 1.165) is 27.6 Å². The molecular weight excluding hydrogens is 356 g/mol. The molecule has 3 rings (SSSR count). The lowest BCUT2D eigenvalue weighted by molar-refractivity contribution is -0.120. The van der Waals surface area contributed by atoms with Crippen molar-refractivity contribution in [2.24, 2.45) is 0 Å². The van der Waals surface area contributed by atoms with Crippen molar-refractivity contribution in [3.8, 4) is 16.3 Å². The summed E-state index contributed by atoms with van der Waals surface area (Å²) in [5.41, 5.74) is 5.40. The van der Waals surface area contributed by atoms with Crippen molar-refractivity contribution < 1.29 is 9.53 Å². The highest BCUT2D eigenvalue weighted by Gasteiger charge is 2.09. The minimum absolute atomic E-state index is 0.0414. The molecule has 0 unspecified atom stereocenters. The molecule has 1 aromatic heterocycles. The molecule has 0 saturated carbocycles. The summed E-state index contributed by atoms with van der Waals surface area (Å²) in [5.74, 6) is 0.817. The Morgan fingerprint density at radius 1 is 1.11 bits per heavy atom. The van der Waals surface area contributed by atoms with Gasteiger partial charge in [-0.05, 0) is 38.5 Å². The van der Waals surface area contributed by atoms with E-state index in [2.05, 4.69) is 42.3 Å². The summed E-state index contributed by atoms with van der Waals surface area (Å²) in [6.45, 7) is 7.06. The topological polar surface area (TPSA) is 51.2 Å². The largest absolute Gasteiger partial charge is 0.491 e. The fourth-order valence-corrected chi connectivity index (χ4v) is 3.66. The average molecular weight is 381 g/mol. The van der Waals surface area contributed by atoms with Gasteiger partial charge < -0.3 is 10.1 Å². The van der Waals surface area contributed by atoms with E-state index in [-0.39, 0.29) is 12.3 Å². The van der Waals surface area contributed by atoms with Crippen LogP contribution >= 0.6 is 11.3 Å². The lowest BCUT2D eigenvalue weighted by Crippen LogP contribution is -2.29. The first kappa shape index (κ1) is 19.1. The molecule has 1 N–H and O–H groups in total. The molecule has 140 valence electrons. The lowest BCUT2D eigenvalue weighted by Gasteiger charge is -2.10. The van der Waals surface area contributed by atoms with Crippen LogP contribution in [0.2, 0.25) is 0 Å². The van der Waals surface area contributed by atoms with Crippen LogP contribution < -0.4 is 10.1 Å². The van der Waals surface area contributed by atoms with Crippen LogP contribution in [-0.2, 0) is 11.2 Å². The second-order valence-electron chi connectivity index (χ2n) is 6.66. The van der Waals surface area contributed by atoms with Crippen molar-refractivity contribution in [3.05, 3.63) is 70.2 Å². The van der Waals surface area contributed by atoms with E-state index < -0.39 is 0 Å². The van der Waals surface area contributed by atoms with Gasteiger partial charge in [0.05, 0.1) is 18.7 Å². The molecule has 0 atom stereocenters. The second kappa shape index (κ2) is 8.82. The number of nitrogens with one attached hydrogen (secondary N) is 1. The summed E-state index contributed by atoms with van der Waals surface area (Å²) in [6.07, 6.45) is 0.284. The first-order valence-electron chi connectivity index (χ1n) is 8.99. The molecular formula is C22H24N2O2S. The van der Waals surface area contributed by atoms with Crippen LogP contribution in [0.15, 0.2) is 47.8 Å². The summed E-state index contributed by atoms with van der Waals surface area (Å²) in [5, 5.41) is 5.78. The number of hydrogen-bond acceptors (Lipinski definition) is 4. The molecule has 1 heterocycles. The highest BCUT2D eigenvalue weighted by molar-refractivity contribution is 7.13. The lowest BCUT2D eigenvalue weighted by atomic mass is 10.1. The number of carbonyl (C=O) groups excluding carboxylic acids is 1. The van der Waals surface area contributed by atoms with Crippen LogP contribution in [0.1, 0.15) is 22.4 Å². The third-order valence-electron chi connectivity index (χ3n) is 4.17. The highest BCUT2D eigenvalue weighted by atomic mass is 32.1. The number of benzene rings is 2. The molecule has 0 fully saturated rings. The Bertz CT molecular complexity index is 934. The Morgan fingerprint density at radius 3 is 2.70 bits per heavy atom. The number of aryl methyl sites for hydroxylation is 3. The van der Waals surface area contributed by atoms with Gasteiger partial charge in [-0.2, -0.15) is 0 Å². The van der Waals surface area contributed by atoms with Crippen LogP contribution in [0.3, 0.4) is 0 Å². The van der Waals surface area contributed by atoms with Gasteiger partial charge in [0.2, 0.25) is 5.91 Å². The number of nitrogens with zero attached hydrogens (tertiary/aromatic N) is 1. The summed E-state index contributed by atoms with van der Waals surface area (Å²) in [7, 11) is 0. The van der Waals surface area contributed by atoms with E-state index in [1.807, 2.05) is 36.6 Å². The van der Waals surface area contributed by atoms with Crippen LogP contribution in [0.5, 0.6) is 5.75 Å². The number of rotatable bonds is 7. The Hall–Kier alpha value is -2.66. The zero-order valence-corrected chi connectivity index (χ0v) is 16.7. The molecule has 4 nitrogen and oxygen atoms in total. The summed E-state index contributed by atoms with van der Waals surface area (Å²) >= 11 is 1.57. The van der Waals surface area contributed by atoms with Crippen molar-refractivity contribution >= 4 is 17.2 Å². The van der Waals surface area contributed by atoms with Gasteiger partial charge in [0.1, 0.15) is 17.4 Å². The maximum absolute atomic E-state index is 12.1. The number of hydrogen-bond donors (Lipinski definition) is 1. The summed E-state index contributed by atoms with van der Waals surface area (Å²) < 4.78 is 5.74. The van der Waals surface area contributed by atoms with Crippen molar-refractivity contribution in [3.63, 3.8) is 0 Å². The van der Waals surface area contributed by atoms with Gasteiger partial charge in [0.15, 0.2) is 0 Å². The monoisotopic (exact) mass is 380 g/mol. The van der Waals surface area contributed by atoms with Crippen LogP contribution in [0.4, 0.5) is 0 Å². The smallest absolute Gasteiger partial charge is 0.226 e. The molecule has 27 heavy (non-hydrogen) atoms. The SMILES string of the molecule is Cc1cccc(-c2nc(CC(=O)NCCOc3ccc(C)cc3C)cs2)c1. The molecule has 0 spiro atoms. The number of carbonyl (C=O) groups is 1. The van der Waals surface area contributed by atoms with Crippen molar-refractivity contribution in [1.82, 2.24) is 10.3 Å². The molecule has 0 radical (unpaired) electrons. The third kappa shape index (κ3) is 5.41. The molecule has 0 bridgehead atoms. The van der Waals surface area contributed by atoms with Gasteiger partial charge >= 0.3 is 0 Å². The van der Waals surface area contributed by atoms with Gasteiger partial charge in [-0.25, -0.2) is 4.98 Å². The zero-order chi connectivity index (χ0) is 19.2. The second-order valence-corrected chi connectivity index (χ2v) is 7.52. The van der Waals surface area contributed by atoms with Crippen LogP contribution in [0, 0.1) is 20.8 Å². The first-order valence-corrected chi connectivity index (χ1v) is 9.87. The van der Waals surface area contributed by atoms with Crippen LogP contribution in [0.25, 0.3) is 10.6 Å². The molecule has 2 aromatic carbocycles. The van der Waals surface area contributed by atoms with Gasteiger partial charge in [-0.3, -0.25) is 4.79 Å². The first-order chi connectivity index (χ1) is 13.0. The van der Waals surface area contributed by atoms with Gasteiger partial charge in [0.25, 0.3) is 0 Å². The quantitative estimate of drug-likeness (QED) is 0.615. The Labute approximate surface area is 164 Å². The molecule has 1 amide bonds. The summed E-state index contributed by atoms with van der Waals surface area (Å²) in [6, 6.07) is 14.3. The summed E-state index contributed by atoms with van der Waals surface area (Å²) in [4.78, 5) is 16.7. The maximum Gasteiger partial charge on any atom is 0.226 e. The van der Waals surface area contributed by atoms with E-state index in [1.54, 1.807) is 11.3 Å². The Morgan fingerprint density at radius 2 is 1.93 bits per heavy atom. The van der Waals surface area contributed by atoms with Gasteiger partial charge in [-0.1, -0.05) is 41.5 Å². The van der Waals surface area contributed by atoms with Crippen molar-refractivity contribution in [2.75, 3.05) is 13.2 Å². The Kier molecular flexibility index (Phi) is 6.24. The van der Waals surface area contributed by atoms with Gasteiger partial charge in [-0.15, -0.1) is 11.3 Å². The average Bonchev–Trinajstić information content (AvgIpc) is 3.08. The molecule has 5 heteroatoms. The predicted molar refractivity (Wildman–Crippen MR) is 110 cm³/mol. The number of aromatic nitrogens is 1. The number of amides is 1. The maximum atomic E-state index is 12.1. The van der Waals surface area contributed by atoms with E-state index in [9.17, 15) is 4.79 Å². The van der Waals surface area contributed by atoms with E-state index in [0.29, 0.717) is 13.2 Å². The fourth-order valence-electron chi connectivity index (χ4n) is 2.84. The van der Waals surface area contributed by atoms with E-state index in [1.165, 1.54) is 11.1 Å². The van der Waals surface area contributed by atoms with E-state index >= 15 is 0 Å². The Balaban J connectivity index is 1.46. The highest BCUT2D eigenvalue weighted by Crippen LogP contribution is 2.24. The number of thiazole rings is 1. The zero-order valence-electron chi connectivity index (χ0n) is 15.9. The normalized spacial score (nSPS) is 10.6. The van der Waals surface area contributed by atoms with Crippen LogP contribution in [-0.4, -0.2) is 24.0 Å². The molecule has 0 aliphatic heterocycles. The van der Waals surface area contributed by atoms with E-state index in [4.69, 9.17) is 4.74 Å². The molecule has 3 aromatic rings. The number of ether oxygens (including phenoxy) is 1. The van der Waals surface area contributed by atoms with Gasteiger partial charge in [0, 0.05) is 10.9 Å². The minimum atomic E-state index is -0.0414. The van der Waals surface area contributed by atoms with Crippen molar-refractivity contribution in [1.29, 1.82) is 0 Å². The molecule has 0 saturated heterocycles. The minimum Gasteiger partial charge on any atom is -0.491 e. The standard InChI is InChI=1S/C22H24N2O2S/c1-15-5-4-6-18(12-15)22-24-19(14-27-22)13-21(25)23-9-10-26-20-8-7-16(2)11-17(20)3/h4-8,11-12,14H,9-10,13H2,1-3H3,(H,23,25). The predicted octanol–water partition coefficient (Wildman–Crippen LogP) is 4.47.